The number of morpholine rings is 1. The number of fused-ring (bicyclic) bond motifs is 1. The first kappa shape index (κ1) is 14.3. The van der Waals surface area contributed by atoms with E-state index in [1.807, 2.05) is 0 Å². The molecule has 0 spiro atoms. The third-order valence-corrected chi connectivity index (χ3v) is 4.97. The number of ether oxygens (including phenoxy) is 1. The van der Waals surface area contributed by atoms with Crippen LogP contribution in [0.25, 0.3) is 0 Å². The molecule has 1 amide bonds. The average molecular weight is 282 g/mol. The second kappa shape index (κ2) is 6.41. The van der Waals surface area contributed by atoms with Crippen LogP contribution in [-0.4, -0.2) is 71.8 Å². The lowest BCUT2D eigenvalue weighted by molar-refractivity contribution is -0.151. The van der Waals surface area contributed by atoms with E-state index in [0.717, 1.165) is 45.3 Å². The molecule has 114 valence electrons. The molecule has 1 aliphatic carbocycles. The summed E-state index contributed by atoms with van der Waals surface area (Å²) in [6.07, 6.45) is 6.32. The van der Waals surface area contributed by atoms with E-state index in [0.29, 0.717) is 19.2 Å². The van der Waals surface area contributed by atoms with Gasteiger partial charge >= 0.3 is 0 Å². The molecule has 5 nitrogen and oxygen atoms in total. The number of aliphatic hydroxyl groups excluding tert-OH is 1. The molecule has 0 aromatic rings. The fourth-order valence-corrected chi connectivity index (χ4v) is 3.77. The van der Waals surface area contributed by atoms with Gasteiger partial charge in [0.1, 0.15) is 0 Å². The molecule has 2 unspecified atom stereocenters. The quantitative estimate of drug-likeness (QED) is 0.806. The number of amides is 1. The minimum Gasteiger partial charge on any atom is -0.393 e. The van der Waals surface area contributed by atoms with Crippen molar-refractivity contribution in [3.8, 4) is 0 Å². The number of carbonyl (C=O) groups is 1. The summed E-state index contributed by atoms with van der Waals surface area (Å²) in [4.78, 5) is 16.8. The van der Waals surface area contributed by atoms with Crippen LogP contribution in [0.15, 0.2) is 0 Å². The number of hydrogen-bond donors (Lipinski definition) is 1. The molecule has 1 N–H and O–H groups in total. The molecule has 3 aliphatic rings. The van der Waals surface area contributed by atoms with Crippen LogP contribution in [0.1, 0.15) is 38.5 Å². The zero-order valence-electron chi connectivity index (χ0n) is 12.2. The van der Waals surface area contributed by atoms with E-state index in [4.69, 9.17) is 4.74 Å². The Kier molecular flexibility index (Phi) is 4.58. The largest absolute Gasteiger partial charge is 0.393 e. The van der Waals surface area contributed by atoms with Gasteiger partial charge in [-0.1, -0.05) is 12.8 Å². The first-order valence-electron chi connectivity index (χ1n) is 8.05. The lowest BCUT2D eigenvalue weighted by atomic mass is 9.90. The Labute approximate surface area is 120 Å². The van der Waals surface area contributed by atoms with Gasteiger partial charge in [-0.2, -0.15) is 0 Å². The van der Waals surface area contributed by atoms with Crippen LogP contribution < -0.4 is 0 Å². The summed E-state index contributed by atoms with van der Waals surface area (Å²) in [5.41, 5.74) is 0. The van der Waals surface area contributed by atoms with Crippen molar-refractivity contribution in [1.82, 2.24) is 9.80 Å². The maximum Gasteiger partial charge on any atom is 0.237 e. The lowest BCUT2D eigenvalue weighted by Gasteiger charge is -2.44. The van der Waals surface area contributed by atoms with Crippen LogP contribution in [0, 0.1) is 0 Å². The Hall–Kier alpha value is -0.650. The minimum absolute atomic E-state index is 0.174. The van der Waals surface area contributed by atoms with Crippen molar-refractivity contribution in [2.45, 2.75) is 56.8 Å². The van der Waals surface area contributed by atoms with Crippen LogP contribution in [-0.2, 0) is 9.53 Å². The molecule has 20 heavy (non-hydrogen) atoms. The molecule has 2 aliphatic heterocycles. The average Bonchev–Trinajstić information content (AvgIpc) is 2.49. The summed E-state index contributed by atoms with van der Waals surface area (Å²) >= 11 is 0. The second-order valence-electron chi connectivity index (χ2n) is 6.36. The number of carbonyl (C=O) groups excluding carboxylic acids is 1. The van der Waals surface area contributed by atoms with E-state index >= 15 is 0 Å². The van der Waals surface area contributed by atoms with Gasteiger partial charge in [0.2, 0.25) is 5.91 Å². The summed E-state index contributed by atoms with van der Waals surface area (Å²) in [7, 11) is 0. The molecule has 2 atom stereocenters. The van der Waals surface area contributed by atoms with Crippen LogP contribution in [0.2, 0.25) is 0 Å². The highest BCUT2D eigenvalue weighted by atomic mass is 16.5. The SMILES string of the molecule is O=C(CN1CCC(O)CC1)N1CCOC2CCCCC21. The second-order valence-corrected chi connectivity index (χ2v) is 6.36. The molecule has 0 bridgehead atoms. The van der Waals surface area contributed by atoms with Gasteiger partial charge in [-0.15, -0.1) is 0 Å². The molecule has 3 fully saturated rings. The van der Waals surface area contributed by atoms with Crippen molar-refractivity contribution in [3.63, 3.8) is 0 Å². The molecule has 5 heteroatoms. The third kappa shape index (κ3) is 3.15. The van der Waals surface area contributed by atoms with Crippen molar-refractivity contribution in [2.75, 3.05) is 32.8 Å². The van der Waals surface area contributed by atoms with E-state index in [-0.39, 0.29) is 18.1 Å². The molecule has 0 aromatic carbocycles. The number of rotatable bonds is 2. The fourth-order valence-electron chi connectivity index (χ4n) is 3.77. The van der Waals surface area contributed by atoms with E-state index < -0.39 is 0 Å². The standard InChI is InChI=1S/C15H26N2O3/c18-12-5-7-16(8-6-12)11-15(19)17-9-10-20-14-4-2-1-3-13(14)17/h12-14,18H,1-11H2. The zero-order chi connectivity index (χ0) is 13.9. The Morgan fingerprint density at radius 2 is 1.85 bits per heavy atom. The summed E-state index contributed by atoms with van der Waals surface area (Å²) < 4.78 is 5.83. The Morgan fingerprint density at radius 1 is 1.10 bits per heavy atom. The summed E-state index contributed by atoms with van der Waals surface area (Å²) in [5.74, 6) is 0.251. The van der Waals surface area contributed by atoms with Gasteiger partial charge in [0.15, 0.2) is 0 Å². The van der Waals surface area contributed by atoms with Gasteiger partial charge in [0, 0.05) is 19.6 Å². The topological polar surface area (TPSA) is 53.0 Å². The maximum absolute atomic E-state index is 12.6. The smallest absolute Gasteiger partial charge is 0.237 e. The van der Waals surface area contributed by atoms with Crippen LogP contribution in [0.4, 0.5) is 0 Å². The van der Waals surface area contributed by atoms with Crippen LogP contribution >= 0.6 is 0 Å². The highest BCUT2D eigenvalue weighted by molar-refractivity contribution is 5.78. The minimum atomic E-state index is -0.174. The first-order valence-corrected chi connectivity index (χ1v) is 8.05. The zero-order valence-corrected chi connectivity index (χ0v) is 12.2. The lowest BCUT2D eigenvalue weighted by Crippen LogP contribution is -2.57. The van der Waals surface area contributed by atoms with Gasteiger partial charge in [-0.05, 0) is 25.7 Å². The molecule has 3 rings (SSSR count). The fraction of sp³-hybridized carbons (Fsp3) is 0.933. The normalized spacial score (nSPS) is 33.0. The maximum atomic E-state index is 12.6. The molecule has 0 radical (unpaired) electrons. The van der Waals surface area contributed by atoms with Crippen molar-refractivity contribution < 1.29 is 14.6 Å². The molecular weight excluding hydrogens is 256 g/mol. The Bertz CT molecular complexity index is 340. The Morgan fingerprint density at radius 3 is 2.65 bits per heavy atom. The molecule has 1 saturated carbocycles. The third-order valence-electron chi connectivity index (χ3n) is 4.97. The predicted octanol–water partition coefficient (Wildman–Crippen LogP) is 0.613. The number of piperidine rings is 1. The Balaban J connectivity index is 1.55. The van der Waals surface area contributed by atoms with E-state index in [2.05, 4.69) is 9.80 Å². The van der Waals surface area contributed by atoms with Crippen LogP contribution in [0.3, 0.4) is 0 Å². The molecule has 2 saturated heterocycles. The number of hydrogen-bond acceptors (Lipinski definition) is 4. The van der Waals surface area contributed by atoms with Gasteiger partial charge < -0.3 is 14.7 Å². The van der Waals surface area contributed by atoms with Gasteiger partial charge in [-0.25, -0.2) is 0 Å². The van der Waals surface area contributed by atoms with Crippen molar-refractivity contribution in [2.24, 2.45) is 0 Å². The van der Waals surface area contributed by atoms with Gasteiger partial charge in [-0.3, -0.25) is 9.69 Å². The van der Waals surface area contributed by atoms with Crippen LogP contribution in [0.5, 0.6) is 0 Å². The predicted molar refractivity (Wildman–Crippen MR) is 75.4 cm³/mol. The van der Waals surface area contributed by atoms with Crippen molar-refractivity contribution >= 4 is 5.91 Å². The number of likely N-dealkylation sites (tertiary alicyclic amines) is 1. The molecule has 0 aromatic heterocycles. The van der Waals surface area contributed by atoms with E-state index in [1.54, 1.807) is 0 Å². The molecular formula is C15H26N2O3. The molecule has 2 heterocycles. The van der Waals surface area contributed by atoms with Crippen molar-refractivity contribution in [1.29, 1.82) is 0 Å². The van der Waals surface area contributed by atoms with E-state index in [1.165, 1.54) is 12.8 Å². The summed E-state index contributed by atoms with van der Waals surface area (Å²) in [6.45, 7) is 3.62. The van der Waals surface area contributed by atoms with Crippen molar-refractivity contribution in [3.05, 3.63) is 0 Å². The monoisotopic (exact) mass is 282 g/mol. The number of aliphatic hydroxyl groups is 1. The van der Waals surface area contributed by atoms with Gasteiger partial charge in [0.05, 0.1) is 31.4 Å². The number of nitrogens with zero attached hydrogens (tertiary/aromatic N) is 2. The highest BCUT2D eigenvalue weighted by Crippen LogP contribution is 2.28. The summed E-state index contributed by atoms with van der Waals surface area (Å²) in [5, 5.41) is 9.53. The first-order chi connectivity index (χ1) is 9.74. The van der Waals surface area contributed by atoms with E-state index in [9.17, 15) is 9.90 Å². The summed E-state index contributed by atoms with van der Waals surface area (Å²) in [6, 6.07) is 0.306. The van der Waals surface area contributed by atoms with Gasteiger partial charge in [0.25, 0.3) is 0 Å². The highest BCUT2D eigenvalue weighted by Gasteiger charge is 2.37.